The maximum Gasteiger partial charge on any atom is 0.420 e. The molecule has 13 heteroatoms. The second-order valence-electron chi connectivity index (χ2n) is 9.78. The molecule has 3 atom stereocenters. The minimum atomic E-state index is -4.89. The zero-order valence-electron chi connectivity index (χ0n) is 18.7. The van der Waals surface area contributed by atoms with E-state index < -0.39 is 63.2 Å². The Morgan fingerprint density at radius 3 is 2.47 bits per heavy atom. The first-order chi connectivity index (χ1) is 15.5. The SMILES string of the molecule is CC1CC1c1nn(CC2(C)CC(F)(F)C2)c(C(=O)Nc2ccnc(S(C)(=N)=O)c2)c1C(F)(F)F. The molecule has 4 rings (SSSR count). The Labute approximate surface area is 193 Å². The van der Waals surface area contributed by atoms with Gasteiger partial charge in [-0.2, -0.15) is 18.3 Å². The van der Waals surface area contributed by atoms with Gasteiger partial charge in [0, 0.05) is 43.4 Å². The van der Waals surface area contributed by atoms with Crippen molar-refractivity contribution >= 4 is 21.3 Å². The third kappa shape index (κ3) is 4.80. The fourth-order valence-corrected chi connectivity index (χ4v) is 5.24. The van der Waals surface area contributed by atoms with Gasteiger partial charge in [0.15, 0.2) is 0 Å². The number of alkyl halides is 5. The number of hydrogen-bond donors (Lipinski definition) is 2. The van der Waals surface area contributed by atoms with E-state index in [0.29, 0.717) is 6.42 Å². The minimum absolute atomic E-state index is 0.000397. The lowest BCUT2D eigenvalue weighted by Crippen LogP contribution is -2.47. The zero-order valence-corrected chi connectivity index (χ0v) is 19.5. The first-order valence-corrected chi connectivity index (χ1v) is 12.5. The summed E-state index contributed by atoms with van der Waals surface area (Å²) in [6.07, 6.45) is -3.14. The molecule has 0 aliphatic heterocycles. The molecule has 186 valence electrons. The van der Waals surface area contributed by atoms with Crippen molar-refractivity contribution in [3.63, 3.8) is 0 Å². The molecule has 0 bridgehead atoms. The van der Waals surface area contributed by atoms with Gasteiger partial charge in [0.2, 0.25) is 5.92 Å². The molecule has 2 aromatic rings. The molecule has 0 spiro atoms. The van der Waals surface area contributed by atoms with Crippen molar-refractivity contribution in [3.05, 3.63) is 35.3 Å². The molecule has 2 heterocycles. The molecule has 2 fully saturated rings. The van der Waals surface area contributed by atoms with Crippen molar-refractivity contribution in [1.29, 1.82) is 4.78 Å². The average molecular weight is 506 g/mol. The highest BCUT2D eigenvalue weighted by atomic mass is 32.2. The van der Waals surface area contributed by atoms with Gasteiger partial charge >= 0.3 is 6.18 Å². The summed E-state index contributed by atoms with van der Waals surface area (Å²) in [6.45, 7) is 3.04. The topological polar surface area (TPSA) is 101 Å². The van der Waals surface area contributed by atoms with E-state index in [1.165, 1.54) is 19.2 Å². The molecule has 2 N–H and O–H groups in total. The van der Waals surface area contributed by atoms with Crippen LogP contribution in [0.4, 0.5) is 27.6 Å². The Morgan fingerprint density at radius 2 is 1.97 bits per heavy atom. The third-order valence-corrected chi connectivity index (χ3v) is 7.25. The van der Waals surface area contributed by atoms with Gasteiger partial charge in [-0.05, 0) is 29.9 Å². The van der Waals surface area contributed by atoms with Crippen molar-refractivity contribution in [2.24, 2.45) is 11.3 Å². The summed E-state index contributed by atoms with van der Waals surface area (Å²) in [6, 6.07) is 2.44. The van der Waals surface area contributed by atoms with Crippen LogP contribution in [0.3, 0.4) is 0 Å². The fraction of sp³-hybridized carbons (Fsp3) is 0.571. The summed E-state index contributed by atoms with van der Waals surface area (Å²) in [5.41, 5.74) is -3.18. The Morgan fingerprint density at radius 1 is 1.35 bits per heavy atom. The number of aromatic nitrogens is 3. The number of amides is 1. The predicted molar refractivity (Wildman–Crippen MR) is 113 cm³/mol. The molecule has 0 aromatic carbocycles. The number of nitrogens with one attached hydrogen (secondary N) is 2. The number of carbonyl (C=O) groups excluding carboxylic acids is 1. The van der Waals surface area contributed by atoms with Gasteiger partial charge < -0.3 is 5.32 Å². The van der Waals surface area contributed by atoms with Crippen LogP contribution in [0.15, 0.2) is 23.4 Å². The highest BCUT2D eigenvalue weighted by Gasteiger charge is 2.55. The Bertz CT molecular complexity index is 1250. The molecule has 7 nitrogen and oxygen atoms in total. The summed E-state index contributed by atoms with van der Waals surface area (Å²) in [4.78, 5) is 17.0. The quantitative estimate of drug-likeness (QED) is 0.531. The number of anilines is 1. The molecular weight excluding hydrogens is 481 g/mol. The zero-order chi connectivity index (χ0) is 25.3. The molecule has 2 aliphatic carbocycles. The summed E-state index contributed by atoms with van der Waals surface area (Å²) in [5, 5.41) is 6.33. The summed E-state index contributed by atoms with van der Waals surface area (Å²) in [7, 11) is -3.23. The van der Waals surface area contributed by atoms with Crippen molar-refractivity contribution < 1.29 is 31.0 Å². The van der Waals surface area contributed by atoms with E-state index in [4.69, 9.17) is 4.78 Å². The molecular formula is C21H24F5N5O2S. The summed E-state index contributed by atoms with van der Waals surface area (Å²) in [5.74, 6) is -4.54. The Kier molecular flexibility index (Phi) is 5.57. The van der Waals surface area contributed by atoms with Crippen LogP contribution >= 0.6 is 0 Å². The van der Waals surface area contributed by atoms with Gasteiger partial charge in [-0.3, -0.25) is 9.48 Å². The summed E-state index contributed by atoms with van der Waals surface area (Å²) >= 11 is 0. The molecule has 1 amide bonds. The van der Waals surface area contributed by atoms with Crippen LogP contribution in [-0.2, 0) is 22.5 Å². The van der Waals surface area contributed by atoms with Gasteiger partial charge in [-0.15, -0.1) is 0 Å². The van der Waals surface area contributed by atoms with Gasteiger partial charge in [0.1, 0.15) is 16.3 Å². The number of halogens is 5. The molecule has 3 unspecified atom stereocenters. The van der Waals surface area contributed by atoms with E-state index in [1.54, 1.807) is 6.92 Å². The van der Waals surface area contributed by atoms with Crippen molar-refractivity contribution in [1.82, 2.24) is 14.8 Å². The van der Waals surface area contributed by atoms with Crippen LogP contribution in [0.25, 0.3) is 0 Å². The normalized spacial score (nSPS) is 24.7. The molecule has 2 aromatic heterocycles. The van der Waals surface area contributed by atoms with Crippen LogP contribution in [0.1, 0.15) is 60.8 Å². The average Bonchev–Trinajstić information content (AvgIpc) is 3.24. The second kappa shape index (κ2) is 7.72. The first-order valence-electron chi connectivity index (χ1n) is 10.6. The summed E-state index contributed by atoms with van der Waals surface area (Å²) < 4.78 is 90.1. The van der Waals surface area contributed by atoms with Crippen LogP contribution in [-0.4, -0.2) is 37.1 Å². The number of carbonyl (C=O) groups is 1. The molecule has 2 saturated carbocycles. The maximum atomic E-state index is 14.2. The number of rotatable bonds is 6. The smallest absolute Gasteiger partial charge is 0.320 e. The second-order valence-corrected chi connectivity index (χ2v) is 11.9. The number of pyridine rings is 1. The molecule has 0 radical (unpaired) electrons. The maximum absolute atomic E-state index is 14.2. The van der Waals surface area contributed by atoms with Crippen LogP contribution in [0.2, 0.25) is 0 Å². The lowest BCUT2D eigenvalue weighted by Gasteiger charge is -2.44. The van der Waals surface area contributed by atoms with E-state index in [0.717, 1.165) is 17.0 Å². The van der Waals surface area contributed by atoms with Crippen molar-refractivity contribution in [2.45, 2.75) is 62.7 Å². The van der Waals surface area contributed by atoms with Gasteiger partial charge in [-0.25, -0.2) is 22.8 Å². The predicted octanol–water partition coefficient (Wildman–Crippen LogP) is 5.14. The number of hydrogen-bond acceptors (Lipinski definition) is 5. The van der Waals surface area contributed by atoms with Gasteiger partial charge in [0.25, 0.3) is 5.91 Å². The standard InChI is InChI=1S/C21H24F5N5O2S/c1-11-6-13(11)16-15(21(24,25)26)17(31(30-16)10-19(2)8-20(22,23)9-19)18(32)29-12-4-5-28-14(7-12)34(3,27)33/h4-5,7,11,13,27H,6,8-10H2,1-3H3,(H,28,29,32). The molecule has 2 aliphatic rings. The van der Waals surface area contributed by atoms with Crippen LogP contribution in [0.5, 0.6) is 0 Å². The fourth-order valence-electron chi connectivity index (χ4n) is 4.63. The van der Waals surface area contributed by atoms with Gasteiger partial charge in [0.05, 0.1) is 15.4 Å². The highest BCUT2D eigenvalue weighted by Crippen LogP contribution is 2.54. The van der Waals surface area contributed by atoms with E-state index in [-0.39, 0.29) is 28.9 Å². The Hall–Kier alpha value is -2.57. The van der Waals surface area contributed by atoms with E-state index >= 15 is 0 Å². The van der Waals surface area contributed by atoms with Crippen LogP contribution < -0.4 is 5.32 Å². The van der Waals surface area contributed by atoms with Crippen molar-refractivity contribution in [3.8, 4) is 0 Å². The highest BCUT2D eigenvalue weighted by molar-refractivity contribution is 7.91. The molecule has 0 saturated heterocycles. The monoisotopic (exact) mass is 505 g/mol. The van der Waals surface area contributed by atoms with E-state index in [2.05, 4.69) is 15.4 Å². The first kappa shape index (κ1) is 24.6. The van der Waals surface area contributed by atoms with Crippen LogP contribution in [0, 0.1) is 16.1 Å². The van der Waals surface area contributed by atoms with E-state index in [9.17, 15) is 31.0 Å². The lowest BCUT2D eigenvalue weighted by atomic mass is 9.67. The Balaban J connectivity index is 1.76. The minimum Gasteiger partial charge on any atom is -0.320 e. The number of nitrogens with zero attached hydrogens (tertiary/aromatic N) is 3. The molecule has 34 heavy (non-hydrogen) atoms. The van der Waals surface area contributed by atoms with Crippen molar-refractivity contribution in [2.75, 3.05) is 11.6 Å². The third-order valence-electron chi connectivity index (χ3n) is 6.23. The lowest BCUT2D eigenvalue weighted by molar-refractivity contribution is -0.160. The van der Waals surface area contributed by atoms with E-state index in [1.807, 2.05) is 0 Å². The van der Waals surface area contributed by atoms with Gasteiger partial charge in [-0.1, -0.05) is 13.8 Å². The largest absolute Gasteiger partial charge is 0.420 e.